The molecular weight excluding hydrogens is 797 g/mol. The first-order valence-electron chi connectivity index (χ1n) is 20.6. The van der Waals surface area contributed by atoms with Gasteiger partial charge in [0.15, 0.2) is 5.75 Å². The number of rotatable bonds is 19. The molecule has 0 aromatic heterocycles. The summed E-state index contributed by atoms with van der Waals surface area (Å²) in [7, 11) is 6.26. The topological polar surface area (TPSA) is 172 Å². The molecule has 6 rings (SSSR count). The Hall–Kier alpha value is -6.20. The number of amidine groups is 1. The van der Waals surface area contributed by atoms with E-state index in [1.807, 2.05) is 54.6 Å². The molecule has 0 bridgehead atoms. The molecule has 330 valence electrons. The largest absolute Gasteiger partial charge is 0.497 e. The van der Waals surface area contributed by atoms with Crippen LogP contribution < -0.4 is 39.8 Å². The Bertz CT molecular complexity index is 2240. The zero-order valence-corrected chi connectivity index (χ0v) is 36.0. The number of nitrogens with zero attached hydrogens (tertiary/aromatic N) is 3. The zero-order chi connectivity index (χ0) is 43.7. The second kappa shape index (κ2) is 23.1. The Labute approximate surface area is 362 Å². The molecule has 1 fully saturated rings. The third-order valence-corrected chi connectivity index (χ3v) is 10.1. The van der Waals surface area contributed by atoms with Crippen LogP contribution in [-0.2, 0) is 18.9 Å². The van der Waals surface area contributed by atoms with Crippen LogP contribution in [0, 0.1) is 5.92 Å². The van der Waals surface area contributed by atoms with E-state index < -0.39 is 6.03 Å². The first kappa shape index (κ1) is 45.3. The van der Waals surface area contributed by atoms with Crippen LogP contribution in [0.5, 0.6) is 23.0 Å². The summed E-state index contributed by atoms with van der Waals surface area (Å²) in [5.41, 5.74) is 2.66. The van der Waals surface area contributed by atoms with Crippen molar-refractivity contribution in [3.05, 3.63) is 84.1 Å². The van der Waals surface area contributed by atoms with Gasteiger partial charge in [0, 0.05) is 80.5 Å². The highest BCUT2D eigenvalue weighted by atomic mass is 16.6. The molecule has 1 unspecified atom stereocenters. The summed E-state index contributed by atoms with van der Waals surface area (Å²) in [6.45, 7) is 7.32. The maximum atomic E-state index is 13.6. The number of carbonyl (C=O) groups excluding carboxylic acids is 2. The van der Waals surface area contributed by atoms with Crippen molar-refractivity contribution in [3.63, 3.8) is 0 Å². The van der Waals surface area contributed by atoms with Crippen molar-refractivity contribution >= 4 is 57.5 Å². The first-order chi connectivity index (χ1) is 30.3. The Morgan fingerprint density at radius 3 is 2.31 bits per heavy atom. The maximum Gasteiger partial charge on any atom is 0.323 e. The Kier molecular flexibility index (Phi) is 16.9. The molecule has 3 amide bonds. The number of aliphatic imine (C=N–C) groups is 2. The first-order valence-corrected chi connectivity index (χ1v) is 20.6. The molecule has 1 atom stereocenters. The highest BCUT2D eigenvalue weighted by Gasteiger charge is 2.23. The highest BCUT2D eigenvalue weighted by Crippen LogP contribution is 2.37. The average molecular weight is 853 g/mol. The van der Waals surface area contributed by atoms with Crippen LogP contribution in [0.2, 0.25) is 0 Å². The lowest BCUT2D eigenvalue weighted by Crippen LogP contribution is -2.36. The predicted octanol–water partition coefficient (Wildman–Crippen LogP) is 7.25. The fraction of sp³-hybridized carbons (Fsp3) is 0.391. The lowest BCUT2D eigenvalue weighted by atomic mass is 10.0. The van der Waals surface area contributed by atoms with E-state index in [4.69, 9.17) is 47.9 Å². The standard InChI is InChI=1S/C46H56N6O10/c1-31-10-11-34(14-15-48-44(31)49-32-26-35(56-4)30-36(27-32)61-25-24-60-23-22-59-21-20-55-3)62-42-13-12-40(37-8-6-7-9-38(37)42)50-46(54)51-41-29-33(52-16-18-58-19-17-52)28-39(43(41)57-5)45(53)47-2/h6-9,12-15,26-31H,10-11,16-25H2,1-5H3,(H,47,53)(H2,50,51,54)/b34-14+,48-15?,49-44?. The number of hydrogen-bond donors (Lipinski definition) is 3. The fourth-order valence-electron chi connectivity index (χ4n) is 6.88. The van der Waals surface area contributed by atoms with Crippen molar-refractivity contribution in [2.45, 2.75) is 19.8 Å². The van der Waals surface area contributed by atoms with Crippen LogP contribution in [0.4, 0.5) is 27.5 Å². The van der Waals surface area contributed by atoms with Gasteiger partial charge in [0.05, 0.1) is 83.1 Å². The van der Waals surface area contributed by atoms with E-state index in [2.05, 4.69) is 27.8 Å². The van der Waals surface area contributed by atoms with Gasteiger partial charge >= 0.3 is 6.03 Å². The van der Waals surface area contributed by atoms with Crippen molar-refractivity contribution in [2.75, 3.05) is 110 Å². The van der Waals surface area contributed by atoms with Gasteiger partial charge < -0.3 is 58.7 Å². The van der Waals surface area contributed by atoms with Gasteiger partial charge in [-0.15, -0.1) is 0 Å². The number of morpholine rings is 1. The van der Waals surface area contributed by atoms with E-state index in [-0.39, 0.29) is 17.6 Å². The third-order valence-electron chi connectivity index (χ3n) is 10.1. The number of fused-ring (bicyclic) bond motifs is 1. The summed E-state index contributed by atoms with van der Waals surface area (Å²) in [5, 5.41) is 10.2. The number of methoxy groups -OCH3 is 3. The summed E-state index contributed by atoms with van der Waals surface area (Å²) in [5.74, 6) is 3.20. The smallest absolute Gasteiger partial charge is 0.323 e. The van der Waals surface area contributed by atoms with E-state index in [9.17, 15) is 9.59 Å². The lowest BCUT2D eigenvalue weighted by molar-refractivity contribution is 0.0179. The van der Waals surface area contributed by atoms with Gasteiger partial charge in [0.1, 0.15) is 35.5 Å². The molecule has 16 nitrogen and oxygen atoms in total. The number of ether oxygens (including phenoxy) is 8. The minimum absolute atomic E-state index is 0.0103. The molecule has 0 spiro atoms. The number of benzene rings is 4. The van der Waals surface area contributed by atoms with Crippen LogP contribution in [-0.4, -0.2) is 118 Å². The molecule has 0 radical (unpaired) electrons. The van der Waals surface area contributed by atoms with Crippen molar-refractivity contribution < 1.29 is 47.5 Å². The van der Waals surface area contributed by atoms with Gasteiger partial charge in [-0.2, -0.15) is 0 Å². The normalized spacial score (nSPS) is 16.8. The second-order valence-corrected chi connectivity index (χ2v) is 14.3. The molecule has 3 N–H and O–H groups in total. The second-order valence-electron chi connectivity index (χ2n) is 14.3. The van der Waals surface area contributed by atoms with Crippen molar-refractivity contribution in [1.82, 2.24) is 5.32 Å². The fourth-order valence-corrected chi connectivity index (χ4v) is 6.88. The van der Waals surface area contributed by atoms with E-state index >= 15 is 0 Å². The molecule has 2 aliphatic heterocycles. The summed E-state index contributed by atoms with van der Waals surface area (Å²) < 4.78 is 45.2. The number of allylic oxidation sites excluding steroid dienone is 2. The van der Waals surface area contributed by atoms with Crippen LogP contribution in [0.1, 0.15) is 30.1 Å². The Morgan fingerprint density at radius 1 is 0.839 bits per heavy atom. The molecule has 0 aliphatic carbocycles. The molecule has 62 heavy (non-hydrogen) atoms. The molecule has 16 heteroatoms. The summed E-state index contributed by atoms with van der Waals surface area (Å²) in [4.78, 5) is 38.2. The maximum absolute atomic E-state index is 13.6. The summed E-state index contributed by atoms with van der Waals surface area (Å²) in [6.07, 6.45) is 4.93. The number of anilines is 3. The molecule has 2 aliphatic rings. The molecule has 1 saturated heterocycles. The quantitative estimate of drug-likeness (QED) is 0.0812. The van der Waals surface area contributed by atoms with Crippen molar-refractivity contribution in [1.29, 1.82) is 0 Å². The van der Waals surface area contributed by atoms with Crippen molar-refractivity contribution in [3.8, 4) is 23.0 Å². The number of hydrogen-bond acceptors (Lipinski definition) is 12. The number of carbonyl (C=O) groups is 2. The lowest BCUT2D eigenvalue weighted by Gasteiger charge is -2.30. The van der Waals surface area contributed by atoms with Gasteiger partial charge in [0.2, 0.25) is 0 Å². The SMILES string of the molecule is CNC(=O)c1cc(N2CCOCC2)cc(NC(=O)Nc2ccc(O/C3=C/C=NC(=Nc4cc(OC)cc(OCCOCCOCCOC)c4)C(C)CC3)c3ccccc23)c1OC. The Morgan fingerprint density at radius 2 is 1.56 bits per heavy atom. The average Bonchev–Trinajstić information content (AvgIpc) is 3.29. The van der Waals surface area contributed by atoms with Crippen LogP contribution in [0.3, 0.4) is 0 Å². The van der Waals surface area contributed by atoms with E-state index in [1.165, 1.54) is 7.11 Å². The minimum Gasteiger partial charge on any atom is -0.497 e. The predicted molar refractivity (Wildman–Crippen MR) is 241 cm³/mol. The highest BCUT2D eigenvalue weighted by molar-refractivity contribution is 6.09. The van der Waals surface area contributed by atoms with Crippen molar-refractivity contribution in [2.24, 2.45) is 15.9 Å². The van der Waals surface area contributed by atoms with E-state index in [0.717, 1.165) is 28.6 Å². The van der Waals surface area contributed by atoms with E-state index in [1.54, 1.807) is 45.7 Å². The summed E-state index contributed by atoms with van der Waals surface area (Å²) in [6, 6.07) is 19.9. The van der Waals surface area contributed by atoms with Gasteiger partial charge in [-0.3, -0.25) is 4.79 Å². The van der Waals surface area contributed by atoms with Gasteiger partial charge in [-0.05, 0) is 36.8 Å². The molecule has 4 aromatic rings. The molecule has 0 saturated carbocycles. The Balaban J connectivity index is 1.13. The number of urea groups is 1. The van der Waals surface area contributed by atoms with Crippen LogP contribution >= 0.6 is 0 Å². The van der Waals surface area contributed by atoms with Gasteiger partial charge in [0.25, 0.3) is 5.91 Å². The number of amides is 3. The molecular formula is C46H56N6O10. The monoisotopic (exact) mass is 852 g/mol. The molecule has 2 heterocycles. The van der Waals surface area contributed by atoms with Gasteiger partial charge in [-0.1, -0.05) is 31.2 Å². The minimum atomic E-state index is -0.506. The third kappa shape index (κ3) is 12.4. The molecule has 4 aromatic carbocycles. The number of nitrogens with one attached hydrogen (secondary N) is 3. The zero-order valence-electron chi connectivity index (χ0n) is 36.0. The summed E-state index contributed by atoms with van der Waals surface area (Å²) >= 11 is 0. The van der Waals surface area contributed by atoms with Gasteiger partial charge in [-0.25, -0.2) is 14.8 Å². The van der Waals surface area contributed by atoms with E-state index in [0.29, 0.717) is 118 Å². The van der Waals surface area contributed by atoms with Crippen LogP contribution in [0.25, 0.3) is 10.8 Å². The van der Waals surface area contributed by atoms with Crippen LogP contribution in [0.15, 0.2) is 88.6 Å².